The lowest BCUT2D eigenvalue weighted by atomic mass is 10.1. The first-order valence-corrected chi connectivity index (χ1v) is 7.46. The topological polar surface area (TPSA) is 72.6 Å². The second-order valence-electron chi connectivity index (χ2n) is 4.24. The minimum absolute atomic E-state index is 0.326. The van der Waals surface area contributed by atoms with Crippen LogP contribution in [0.5, 0.6) is 0 Å². The monoisotopic (exact) mass is 270 g/mol. The Balaban J connectivity index is 2.42. The third-order valence-electron chi connectivity index (χ3n) is 3.06. The summed E-state index contributed by atoms with van der Waals surface area (Å²) in [4.78, 5) is 0.326. The van der Waals surface area contributed by atoms with E-state index in [1.165, 1.54) is 4.31 Å². The summed E-state index contributed by atoms with van der Waals surface area (Å²) < 4.78 is 31.7. The molecule has 100 valence electrons. The number of benzene rings is 1. The predicted molar refractivity (Wildman–Crippen MR) is 69.8 cm³/mol. The fourth-order valence-corrected chi connectivity index (χ4v) is 3.77. The number of ether oxygens (including phenoxy) is 1. The SMILES string of the molecule is CCc1ccc(N)cc1S(=O)(=O)N1CCOCC1. The molecule has 18 heavy (non-hydrogen) atoms. The van der Waals surface area contributed by atoms with Crippen LogP contribution < -0.4 is 5.73 Å². The van der Waals surface area contributed by atoms with Gasteiger partial charge in [0, 0.05) is 18.8 Å². The van der Waals surface area contributed by atoms with Crippen LogP contribution in [-0.4, -0.2) is 39.0 Å². The normalized spacial score (nSPS) is 17.8. The van der Waals surface area contributed by atoms with Crippen LogP contribution in [0.1, 0.15) is 12.5 Å². The van der Waals surface area contributed by atoms with E-state index in [1.807, 2.05) is 6.92 Å². The van der Waals surface area contributed by atoms with Crippen LogP contribution in [0.4, 0.5) is 5.69 Å². The Morgan fingerprint density at radius 3 is 2.61 bits per heavy atom. The van der Waals surface area contributed by atoms with Gasteiger partial charge in [0.15, 0.2) is 0 Å². The van der Waals surface area contributed by atoms with Gasteiger partial charge in [-0.25, -0.2) is 8.42 Å². The molecule has 0 bridgehead atoms. The van der Waals surface area contributed by atoms with Crippen LogP contribution in [-0.2, 0) is 21.2 Å². The summed E-state index contributed by atoms with van der Waals surface area (Å²) >= 11 is 0. The Kier molecular flexibility index (Phi) is 3.89. The van der Waals surface area contributed by atoms with E-state index in [0.717, 1.165) is 5.56 Å². The van der Waals surface area contributed by atoms with Gasteiger partial charge in [0.2, 0.25) is 10.0 Å². The molecule has 0 amide bonds. The maximum atomic E-state index is 12.5. The smallest absolute Gasteiger partial charge is 0.243 e. The van der Waals surface area contributed by atoms with Crippen molar-refractivity contribution >= 4 is 15.7 Å². The number of anilines is 1. The molecule has 0 aliphatic carbocycles. The van der Waals surface area contributed by atoms with E-state index >= 15 is 0 Å². The largest absolute Gasteiger partial charge is 0.399 e. The highest BCUT2D eigenvalue weighted by Gasteiger charge is 2.28. The highest BCUT2D eigenvalue weighted by molar-refractivity contribution is 7.89. The maximum Gasteiger partial charge on any atom is 0.243 e. The molecule has 1 saturated heterocycles. The third-order valence-corrected chi connectivity index (χ3v) is 5.04. The Labute approximate surface area is 108 Å². The summed E-state index contributed by atoms with van der Waals surface area (Å²) in [6.45, 7) is 3.64. The molecular formula is C12H18N2O3S. The van der Waals surface area contributed by atoms with Crippen LogP contribution in [0.3, 0.4) is 0 Å². The molecule has 1 fully saturated rings. The molecule has 2 rings (SSSR count). The first kappa shape index (κ1) is 13.3. The number of nitrogens with zero attached hydrogens (tertiary/aromatic N) is 1. The lowest BCUT2D eigenvalue weighted by Gasteiger charge is -2.27. The second-order valence-corrected chi connectivity index (χ2v) is 6.14. The van der Waals surface area contributed by atoms with Crippen molar-refractivity contribution < 1.29 is 13.2 Å². The molecule has 1 aromatic carbocycles. The molecule has 6 heteroatoms. The fourth-order valence-electron chi connectivity index (χ4n) is 2.03. The molecule has 1 aromatic rings. The molecule has 1 heterocycles. The molecule has 1 aliphatic heterocycles. The van der Waals surface area contributed by atoms with Crippen molar-refractivity contribution in [2.45, 2.75) is 18.2 Å². The number of hydrogen-bond donors (Lipinski definition) is 1. The van der Waals surface area contributed by atoms with Gasteiger partial charge in [-0.15, -0.1) is 0 Å². The second kappa shape index (κ2) is 5.26. The maximum absolute atomic E-state index is 12.5. The number of nitrogen functional groups attached to an aromatic ring is 1. The summed E-state index contributed by atoms with van der Waals surface area (Å²) in [6.07, 6.45) is 0.666. The van der Waals surface area contributed by atoms with E-state index in [1.54, 1.807) is 18.2 Å². The first-order valence-electron chi connectivity index (χ1n) is 6.02. The fraction of sp³-hybridized carbons (Fsp3) is 0.500. The molecule has 5 nitrogen and oxygen atoms in total. The van der Waals surface area contributed by atoms with Crippen molar-refractivity contribution in [2.75, 3.05) is 32.0 Å². The van der Waals surface area contributed by atoms with Gasteiger partial charge in [0.1, 0.15) is 0 Å². The molecule has 0 unspecified atom stereocenters. The summed E-state index contributed by atoms with van der Waals surface area (Å²) in [5, 5.41) is 0. The van der Waals surface area contributed by atoms with E-state index in [0.29, 0.717) is 43.3 Å². The molecule has 2 N–H and O–H groups in total. The lowest BCUT2D eigenvalue weighted by molar-refractivity contribution is 0.0730. The Bertz CT molecular complexity index is 522. The van der Waals surface area contributed by atoms with Gasteiger partial charge in [0.25, 0.3) is 0 Å². The minimum Gasteiger partial charge on any atom is -0.399 e. The van der Waals surface area contributed by atoms with Crippen LogP contribution in [0, 0.1) is 0 Å². The minimum atomic E-state index is -3.45. The number of sulfonamides is 1. The summed E-state index contributed by atoms with van der Waals surface area (Å²) in [5.41, 5.74) is 6.97. The molecule has 0 spiro atoms. The highest BCUT2D eigenvalue weighted by Crippen LogP contribution is 2.24. The third kappa shape index (κ3) is 2.50. The lowest BCUT2D eigenvalue weighted by Crippen LogP contribution is -2.40. The van der Waals surface area contributed by atoms with Gasteiger partial charge < -0.3 is 10.5 Å². The molecule has 1 aliphatic rings. The van der Waals surface area contributed by atoms with Crippen molar-refractivity contribution in [3.05, 3.63) is 23.8 Å². The number of aryl methyl sites for hydroxylation is 1. The standard InChI is InChI=1S/C12H18N2O3S/c1-2-10-3-4-11(13)9-12(10)18(15,16)14-5-7-17-8-6-14/h3-4,9H,2,5-8,13H2,1H3. The van der Waals surface area contributed by atoms with E-state index in [2.05, 4.69) is 0 Å². The van der Waals surface area contributed by atoms with Crippen molar-refractivity contribution in [2.24, 2.45) is 0 Å². The van der Waals surface area contributed by atoms with Gasteiger partial charge in [-0.2, -0.15) is 4.31 Å². The zero-order valence-corrected chi connectivity index (χ0v) is 11.2. The van der Waals surface area contributed by atoms with Gasteiger partial charge >= 0.3 is 0 Å². The van der Waals surface area contributed by atoms with E-state index < -0.39 is 10.0 Å². The van der Waals surface area contributed by atoms with Gasteiger partial charge in [-0.1, -0.05) is 13.0 Å². The van der Waals surface area contributed by atoms with Crippen LogP contribution in [0.15, 0.2) is 23.1 Å². The van der Waals surface area contributed by atoms with Crippen LogP contribution in [0.2, 0.25) is 0 Å². The molecule has 0 radical (unpaired) electrons. The van der Waals surface area contributed by atoms with Crippen LogP contribution >= 0.6 is 0 Å². The zero-order valence-electron chi connectivity index (χ0n) is 10.4. The van der Waals surface area contributed by atoms with Gasteiger partial charge in [-0.05, 0) is 24.1 Å². The van der Waals surface area contributed by atoms with Crippen molar-refractivity contribution in [1.29, 1.82) is 0 Å². The first-order chi connectivity index (χ1) is 8.55. The molecule has 0 aromatic heterocycles. The summed E-state index contributed by atoms with van der Waals surface area (Å²) in [7, 11) is -3.45. The average Bonchev–Trinajstić information content (AvgIpc) is 2.39. The number of morpholine rings is 1. The Morgan fingerprint density at radius 1 is 1.33 bits per heavy atom. The van der Waals surface area contributed by atoms with Gasteiger partial charge in [0.05, 0.1) is 18.1 Å². The quantitative estimate of drug-likeness (QED) is 0.827. The van der Waals surface area contributed by atoms with E-state index in [4.69, 9.17) is 10.5 Å². The van der Waals surface area contributed by atoms with Crippen molar-refractivity contribution in [3.63, 3.8) is 0 Å². The summed E-state index contributed by atoms with van der Waals surface area (Å²) in [6, 6.07) is 5.06. The number of nitrogens with two attached hydrogens (primary N) is 1. The van der Waals surface area contributed by atoms with Crippen molar-refractivity contribution in [1.82, 2.24) is 4.31 Å². The predicted octanol–water partition coefficient (Wildman–Crippen LogP) is 0.852. The Hall–Kier alpha value is -1.11. The van der Waals surface area contributed by atoms with E-state index in [-0.39, 0.29) is 0 Å². The average molecular weight is 270 g/mol. The molecule has 0 saturated carbocycles. The summed E-state index contributed by atoms with van der Waals surface area (Å²) in [5.74, 6) is 0. The molecule has 0 atom stereocenters. The number of hydrogen-bond acceptors (Lipinski definition) is 4. The Morgan fingerprint density at radius 2 is 2.00 bits per heavy atom. The zero-order chi connectivity index (χ0) is 13.2. The van der Waals surface area contributed by atoms with Gasteiger partial charge in [-0.3, -0.25) is 0 Å². The van der Waals surface area contributed by atoms with Crippen molar-refractivity contribution in [3.8, 4) is 0 Å². The van der Waals surface area contributed by atoms with Crippen LogP contribution in [0.25, 0.3) is 0 Å². The van der Waals surface area contributed by atoms with E-state index in [9.17, 15) is 8.42 Å². The number of rotatable bonds is 3. The molecular weight excluding hydrogens is 252 g/mol. The highest BCUT2D eigenvalue weighted by atomic mass is 32.2.